The van der Waals surface area contributed by atoms with Gasteiger partial charge >= 0.3 is 0 Å². The van der Waals surface area contributed by atoms with Crippen LogP contribution in [0.25, 0.3) is 55.8 Å². The maximum absolute atomic E-state index is 14.7. The number of likely N-dealkylation sites (N-methyl/N-ethyl adjacent to an activating group) is 2. The Hall–Kier alpha value is -4.87. The minimum Gasteiger partial charge on any atom is -0.491 e. The Morgan fingerprint density at radius 3 is 2.60 bits per heavy atom. The number of hydrogen-bond acceptors (Lipinski definition) is 8. The first-order valence-electron chi connectivity index (χ1n) is 14.1. The van der Waals surface area contributed by atoms with Crippen LogP contribution < -0.4 is 10.1 Å². The Kier molecular flexibility index (Phi) is 7.99. The standard InChI is InChI=1S/C32H34FN9O/c1-41(2)9-8-35-23-13-20(12-22(33)15-23)25-6-5-7-27-30(25)38-32(37-27)31-26-16-28(36-19-29(26)39-40-31)21-14-24(18-34-17-21)43-11-10-42(3)4/h5-7,12-19,35H,8-11H2,1-4H3,(H,37,38)(H,39,40). The van der Waals surface area contributed by atoms with Gasteiger partial charge in [-0.25, -0.2) is 9.37 Å². The van der Waals surface area contributed by atoms with Crippen LogP contribution in [0.1, 0.15) is 0 Å². The number of benzene rings is 2. The van der Waals surface area contributed by atoms with Crippen molar-refractivity contribution in [2.75, 3.05) is 59.7 Å². The monoisotopic (exact) mass is 579 g/mol. The molecule has 10 nitrogen and oxygen atoms in total. The van der Waals surface area contributed by atoms with Crippen molar-refractivity contribution < 1.29 is 9.13 Å². The van der Waals surface area contributed by atoms with Crippen molar-refractivity contribution in [2.45, 2.75) is 0 Å². The molecule has 0 saturated heterocycles. The lowest BCUT2D eigenvalue weighted by molar-refractivity contribution is 0.261. The van der Waals surface area contributed by atoms with E-state index in [0.29, 0.717) is 30.4 Å². The number of ether oxygens (including phenoxy) is 1. The average Bonchev–Trinajstić information content (AvgIpc) is 3.60. The van der Waals surface area contributed by atoms with E-state index >= 15 is 0 Å². The molecule has 0 aliphatic rings. The molecule has 0 atom stereocenters. The van der Waals surface area contributed by atoms with Crippen LogP contribution in [0.2, 0.25) is 0 Å². The number of imidazole rings is 1. The van der Waals surface area contributed by atoms with Crippen LogP contribution in [0, 0.1) is 5.82 Å². The topological polar surface area (TPSA) is 111 Å². The van der Waals surface area contributed by atoms with Crippen LogP contribution in [-0.4, -0.2) is 94.4 Å². The summed E-state index contributed by atoms with van der Waals surface area (Å²) in [5.74, 6) is 0.981. The van der Waals surface area contributed by atoms with Crippen LogP contribution in [0.5, 0.6) is 5.75 Å². The molecule has 0 saturated carbocycles. The van der Waals surface area contributed by atoms with E-state index in [9.17, 15) is 4.39 Å². The summed E-state index contributed by atoms with van der Waals surface area (Å²) in [4.78, 5) is 21.5. The largest absolute Gasteiger partial charge is 0.491 e. The Bertz CT molecular complexity index is 1880. The Labute approximate surface area is 248 Å². The lowest BCUT2D eigenvalue weighted by Crippen LogP contribution is -2.20. The average molecular weight is 580 g/mol. The van der Waals surface area contributed by atoms with Gasteiger partial charge in [0, 0.05) is 48.0 Å². The second kappa shape index (κ2) is 12.2. The Balaban J connectivity index is 1.33. The number of pyridine rings is 2. The van der Waals surface area contributed by atoms with Crippen molar-refractivity contribution in [3.8, 4) is 39.7 Å². The SMILES string of the molecule is CN(C)CCNc1cc(F)cc(-c2cccc3[nH]c(-c4n[nH]c5cnc(-c6cncc(OCCN(C)C)c6)cc45)nc23)c1. The molecule has 0 aliphatic heterocycles. The highest BCUT2D eigenvalue weighted by Gasteiger charge is 2.17. The molecule has 220 valence electrons. The van der Waals surface area contributed by atoms with Crippen molar-refractivity contribution in [3.63, 3.8) is 0 Å². The zero-order valence-corrected chi connectivity index (χ0v) is 24.6. The summed E-state index contributed by atoms with van der Waals surface area (Å²) >= 11 is 0. The molecule has 0 spiro atoms. The lowest BCUT2D eigenvalue weighted by atomic mass is 10.0. The van der Waals surface area contributed by atoms with E-state index in [1.807, 2.05) is 64.6 Å². The summed E-state index contributed by atoms with van der Waals surface area (Å²) in [7, 11) is 8.02. The van der Waals surface area contributed by atoms with E-state index < -0.39 is 0 Å². The van der Waals surface area contributed by atoms with Gasteiger partial charge in [0.05, 0.1) is 34.6 Å². The first-order valence-corrected chi connectivity index (χ1v) is 14.1. The quantitative estimate of drug-likeness (QED) is 0.190. The molecule has 0 bridgehead atoms. The smallest absolute Gasteiger partial charge is 0.159 e. The number of anilines is 1. The van der Waals surface area contributed by atoms with E-state index in [0.717, 1.165) is 63.1 Å². The predicted octanol–water partition coefficient (Wildman–Crippen LogP) is 5.28. The normalized spacial score (nSPS) is 11.7. The Morgan fingerprint density at radius 1 is 0.907 bits per heavy atom. The van der Waals surface area contributed by atoms with Gasteiger partial charge in [-0.3, -0.25) is 15.1 Å². The van der Waals surface area contributed by atoms with Gasteiger partial charge in [0.25, 0.3) is 0 Å². The van der Waals surface area contributed by atoms with Crippen molar-refractivity contribution in [2.24, 2.45) is 0 Å². The minimum atomic E-state index is -0.308. The molecule has 0 amide bonds. The van der Waals surface area contributed by atoms with Crippen molar-refractivity contribution in [1.29, 1.82) is 0 Å². The zero-order valence-electron chi connectivity index (χ0n) is 24.6. The number of para-hydroxylation sites is 1. The van der Waals surface area contributed by atoms with E-state index in [1.165, 1.54) is 12.1 Å². The number of aromatic nitrogens is 6. The molecule has 43 heavy (non-hydrogen) atoms. The molecular formula is C32H34FN9O. The molecule has 6 aromatic rings. The lowest BCUT2D eigenvalue weighted by Gasteiger charge is -2.13. The first-order chi connectivity index (χ1) is 20.8. The maximum atomic E-state index is 14.7. The Morgan fingerprint density at radius 2 is 1.77 bits per heavy atom. The highest BCUT2D eigenvalue weighted by atomic mass is 19.1. The van der Waals surface area contributed by atoms with Crippen molar-refractivity contribution >= 4 is 27.6 Å². The minimum absolute atomic E-state index is 0.308. The first kappa shape index (κ1) is 28.3. The number of H-pyrrole nitrogens is 2. The summed E-state index contributed by atoms with van der Waals surface area (Å²) < 4.78 is 20.6. The fraction of sp³-hybridized carbons (Fsp3) is 0.250. The van der Waals surface area contributed by atoms with E-state index in [2.05, 4.69) is 40.3 Å². The third kappa shape index (κ3) is 6.32. The number of halogens is 1. The number of nitrogens with one attached hydrogen (secondary N) is 3. The van der Waals surface area contributed by atoms with Crippen LogP contribution in [0.4, 0.5) is 10.1 Å². The maximum Gasteiger partial charge on any atom is 0.159 e. The van der Waals surface area contributed by atoms with E-state index in [-0.39, 0.29) is 5.82 Å². The van der Waals surface area contributed by atoms with Crippen LogP contribution >= 0.6 is 0 Å². The summed E-state index contributed by atoms with van der Waals surface area (Å²) in [6, 6.07) is 14.8. The summed E-state index contributed by atoms with van der Waals surface area (Å²) in [6.45, 7) is 2.92. The van der Waals surface area contributed by atoms with Gasteiger partial charge in [-0.05, 0) is 70.2 Å². The zero-order chi connectivity index (χ0) is 29.9. The molecular weight excluding hydrogens is 545 g/mol. The molecule has 3 N–H and O–H groups in total. The van der Waals surface area contributed by atoms with Crippen LogP contribution in [0.3, 0.4) is 0 Å². The third-order valence-corrected chi connectivity index (χ3v) is 7.10. The number of fused-ring (bicyclic) bond motifs is 2. The second-order valence-electron chi connectivity index (χ2n) is 11.0. The molecule has 0 aliphatic carbocycles. The molecule has 6 rings (SSSR count). The summed E-state index contributed by atoms with van der Waals surface area (Å²) in [6.07, 6.45) is 5.23. The molecule has 11 heteroatoms. The number of nitrogens with zero attached hydrogens (tertiary/aromatic N) is 6. The number of rotatable bonds is 11. The van der Waals surface area contributed by atoms with Gasteiger partial charge in [-0.1, -0.05) is 12.1 Å². The van der Waals surface area contributed by atoms with Gasteiger partial charge in [0.15, 0.2) is 5.82 Å². The van der Waals surface area contributed by atoms with Crippen LogP contribution in [0.15, 0.2) is 67.1 Å². The third-order valence-electron chi connectivity index (χ3n) is 7.10. The van der Waals surface area contributed by atoms with Crippen LogP contribution in [-0.2, 0) is 0 Å². The second-order valence-corrected chi connectivity index (χ2v) is 11.0. The molecule has 4 heterocycles. The molecule has 0 fully saturated rings. The van der Waals surface area contributed by atoms with Gasteiger partial charge in [0.1, 0.15) is 23.9 Å². The van der Waals surface area contributed by atoms with Crippen molar-refractivity contribution in [3.05, 3.63) is 72.9 Å². The fourth-order valence-corrected chi connectivity index (χ4v) is 4.89. The fourth-order valence-electron chi connectivity index (χ4n) is 4.89. The highest BCUT2D eigenvalue weighted by Crippen LogP contribution is 2.34. The van der Waals surface area contributed by atoms with Crippen molar-refractivity contribution in [1.82, 2.24) is 39.9 Å². The summed E-state index contributed by atoms with van der Waals surface area (Å²) in [5.41, 5.74) is 6.89. The van der Waals surface area contributed by atoms with Gasteiger partial charge in [0.2, 0.25) is 0 Å². The number of hydrogen-bond donors (Lipinski definition) is 3. The number of aromatic amines is 2. The van der Waals surface area contributed by atoms with E-state index in [4.69, 9.17) is 9.72 Å². The van der Waals surface area contributed by atoms with Gasteiger partial charge in [-0.2, -0.15) is 5.10 Å². The molecule has 4 aromatic heterocycles. The molecule has 0 radical (unpaired) electrons. The van der Waals surface area contributed by atoms with Gasteiger partial charge in [-0.15, -0.1) is 0 Å². The van der Waals surface area contributed by atoms with Gasteiger partial charge < -0.3 is 24.8 Å². The van der Waals surface area contributed by atoms with E-state index in [1.54, 1.807) is 18.6 Å². The highest BCUT2D eigenvalue weighted by molar-refractivity contribution is 5.98. The molecule has 0 unspecified atom stereocenters. The predicted molar refractivity (Wildman–Crippen MR) is 169 cm³/mol. The summed E-state index contributed by atoms with van der Waals surface area (Å²) in [5, 5.41) is 11.8. The molecule has 2 aromatic carbocycles.